The Balaban J connectivity index is 1.33. The molecule has 0 radical (unpaired) electrons. The van der Waals surface area contributed by atoms with Gasteiger partial charge in [-0.25, -0.2) is 10.2 Å². The predicted molar refractivity (Wildman–Crippen MR) is 123 cm³/mol. The van der Waals surface area contributed by atoms with Crippen molar-refractivity contribution in [2.24, 2.45) is 5.10 Å². The van der Waals surface area contributed by atoms with E-state index in [0.29, 0.717) is 29.3 Å². The number of anilines is 1. The number of hydrogen-bond acceptors (Lipinski definition) is 6. The fourth-order valence-electron chi connectivity index (χ4n) is 3.58. The van der Waals surface area contributed by atoms with Gasteiger partial charge in [0.05, 0.1) is 18.4 Å². The Labute approximate surface area is 186 Å². The second-order valence-electron chi connectivity index (χ2n) is 7.44. The normalized spacial score (nSPS) is 13.5. The van der Waals surface area contributed by atoms with E-state index in [2.05, 4.69) is 15.4 Å². The number of esters is 1. The molecule has 0 spiro atoms. The van der Waals surface area contributed by atoms with Crippen LogP contribution in [0.1, 0.15) is 46.2 Å². The standard InChI is InChI=1S/C25H25N3O4/c1-2-31-25(30)20-7-5-18(6-8-20)23-14-13-22(32-23)17-26-27-24(29)19-9-11-21(12-10-19)28-15-3-4-16-28/h5-14,17H,2-4,15-16H2,1H3,(H,27,29)/b26-17-. The first-order valence-corrected chi connectivity index (χ1v) is 10.7. The van der Waals surface area contributed by atoms with E-state index in [-0.39, 0.29) is 11.9 Å². The van der Waals surface area contributed by atoms with Crippen molar-refractivity contribution in [3.05, 3.63) is 77.6 Å². The maximum absolute atomic E-state index is 12.3. The molecule has 0 saturated carbocycles. The van der Waals surface area contributed by atoms with Crippen LogP contribution in [0.3, 0.4) is 0 Å². The number of hydrazone groups is 1. The molecule has 3 aromatic rings. The second-order valence-corrected chi connectivity index (χ2v) is 7.44. The van der Waals surface area contributed by atoms with E-state index in [1.54, 1.807) is 43.3 Å². The van der Waals surface area contributed by atoms with Crippen molar-refractivity contribution in [2.45, 2.75) is 19.8 Å². The molecule has 2 aromatic carbocycles. The number of hydrogen-bond donors (Lipinski definition) is 1. The van der Waals surface area contributed by atoms with E-state index in [1.165, 1.54) is 19.1 Å². The summed E-state index contributed by atoms with van der Waals surface area (Å²) in [5.74, 6) is 0.494. The van der Waals surface area contributed by atoms with Crippen LogP contribution in [-0.2, 0) is 4.74 Å². The van der Waals surface area contributed by atoms with Crippen LogP contribution >= 0.6 is 0 Å². The zero-order chi connectivity index (χ0) is 22.3. The van der Waals surface area contributed by atoms with Gasteiger partial charge in [-0.1, -0.05) is 12.1 Å². The highest BCUT2D eigenvalue weighted by Crippen LogP contribution is 2.23. The van der Waals surface area contributed by atoms with E-state index >= 15 is 0 Å². The van der Waals surface area contributed by atoms with Gasteiger partial charge < -0.3 is 14.1 Å². The lowest BCUT2D eigenvalue weighted by Gasteiger charge is -2.17. The number of furan rings is 1. The Morgan fingerprint density at radius 3 is 2.38 bits per heavy atom. The highest BCUT2D eigenvalue weighted by Gasteiger charge is 2.13. The van der Waals surface area contributed by atoms with Crippen molar-refractivity contribution in [3.8, 4) is 11.3 Å². The first-order valence-electron chi connectivity index (χ1n) is 10.7. The van der Waals surface area contributed by atoms with Crippen molar-refractivity contribution >= 4 is 23.8 Å². The fourth-order valence-corrected chi connectivity index (χ4v) is 3.58. The quantitative estimate of drug-likeness (QED) is 0.339. The summed E-state index contributed by atoms with van der Waals surface area (Å²) in [6, 6.07) is 18.1. The molecule has 32 heavy (non-hydrogen) atoms. The minimum Gasteiger partial charge on any atom is -0.462 e. The molecule has 1 aromatic heterocycles. The predicted octanol–water partition coefficient (Wildman–Crippen LogP) is 4.49. The number of ether oxygens (including phenoxy) is 1. The Kier molecular flexibility index (Phi) is 6.65. The van der Waals surface area contributed by atoms with Crippen LogP contribution in [0.4, 0.5) is 5.69 Å². The van der Waals surface area contributed by atoms with Crippen LogP contribution in [0.5, 0.6) is 0 Å². The minimum atomic E-state index is -0.354. The zero-order valence-corrected chi connectivity index (χ0v) is 17.9. The lowest BCUT2D eigenvalue weighted by atomic mass is 10.1. The van der Waals surface area contributed by atoms with E-state index in [4.69, 9.17) is 9.15 Å². The van der Waals surface area contributed by atoms with Gasteiger partial charge in [0.15, 0.2) is 0 Å². The third-order valence-electron chi connectivity index (χ3n) is 5.27. The molecule has 0 bridgehead atoms. The van der Waals surface area contributed by atoms with E-state index in [1.807, 2.05) is 24.3 Å². The molecular formula is C25H25N3O4. The third kappa shape index (κ3) is 5.06. The number of nitrogens with one attached hydrogen (secondary N) is 1. The Bertz CT molecular complexity index is 1090. The molecule has 1 N–H and O–H groups in total. The fraction of sp³-hybridized carbons (Fsp3) is 0.240. The van der Waals surface area contributed by atoms with Gasteiger partial charge in [-0.2, -0.15) is 5.10 Å². The summed E-state index contributed by atoms with van der Waals surface area (Å²) in [5.41, 5.74) is 5.52. The summed E-state index contributed by atoms with van der Waals surface area (Å²) < 4.78 is 10.7. The molecule has 0 unspecified atom stereocenters. The molecule has 1 aliphatic rings. The molecule has 4 rings (SSSR count). The van der Waals surface area contributed by atoms with Gasteiger partial charge in [0.2, 0.25) is 0 Å². The van der Waals surface area contributed by atoms with Crippen LogP contribution in [0, 0.1) is 0 Å². The number of rotatable bonds is 7. The first kappa shape index (κ1) is 21.4. The van der Waals surface area contributed by atoms with Crippen LogP contribution in [0.15, 0.2) is 70.2 Å². The summed E-state index contributed by atoms with van der Waals surface area (Å²) in [6.45, 7) is 4.24. The molecule has 2 heterocycles. The number of nitrogens with zero attached hydrogens (tertiary/aromatic N) is 2. The largest absolute Gasteiger partial charge is 0.462 e. The Hall–Kier alpha value is -3.87. The van der Waals surface area contributed by atoms with Crippen LogP contribution < -0.4 is 10.3 Å². The molecule has 1 aliphatic heterocycles. The number of amides is 1. The second kappa shape index (κ2) is 9.96. The maximum Gasteiger partial charge on any atom is 0.338 e. The van der Waals surface area contributed by atoms with E-state index in [0.717, 1.165) is 24.3 Å². The van der Waals surface area contributed by atoms with Crippen molar-refractivity contribution in [1.82, 2.24) is 5.43 Å². The van der Waals surface area contributed by atoms with Crippen LogP contribution in [0.25, 0.3) is 11.3 Å². The smallest absolute Gasteiger partial charge is 0.338 e. The highest BCUT2D eigenvalue weighted by atomic mass is 16.5. The molecule has 0 aliphatic carbocycles. The van der Waals surface area contributed by atoms with Gasteiger partial charge in [0.25, 0.3) is 5.91 Å². The first-order chi connectivity index (χ1) is 15.6. The van der Waals surface area contributed by atoms with E-state index < -0.39 is 0 Å². The molecule has 7 heteroatoms. The zero-order valence-electron chi connectivity index (χ0n) is 17.9. The SMILES string of the molecule is CCOC(=O)c1ccc(-c2ccc(/C=N\NC(=O)c3ccc(N4CCCC4)cc3)o2)cc1. The number of benzene rings is 2. The molecular weight excluding hydrogens is 406 g/mol. The maximum atomic E-state index is 12.3. The Morgan fingerprint density at radius 1 is 1.00 bits per heavy atom. The van der Waals surface area contributed by atoms with Gasteiger partial charge in [-0.05, 0) is 68.3 Å². The molecule has 164 valence electrons. The Morgan fingerprint density at radius 2 is 1.69 bits per heavy atom. The van der Waals surface area contributed by atoms with Gasteiger partial charge in [-0.3, -0.25) is 4.79 Å². The van der Waals surface area contributed by atoms with Crippen LogP contribution in [0.2, 0.25) is 0 Å². The number of carbonyl (C=O) groups is 2. The summed E-state index contributed by atoms with van der Waals surface area (Å²) in [5, 5.41) is 3.99. The molecule has 1 fully saturated rings. The van der Waals surface area contributed by atoms with Gasteiger partial charge in [0, 0.05) is 29.9 Å². The molecule has 1 amide bonds. The topological polar surface area (TPSA) is 84.1 Å². The lowest BCUT2D eigenvalue weighted by molar-refractivity contribution is 0.0526. The average Bonchev–Trinajstić information content (AvgIpc) is 3.52. The van der Waals surface area contributed by atoms with Crippen LogP contribution in [-0.4, -0.2) is 37.8 Å². The molecule has 1 saturated heterocycles. The van der Waals surface area contributed by atoms with Crippen molar-refractivity contribution in [1.29, 1.82) is 0 Å². The monoisotopic (exact) mass is 431 g/mol. The van der Waals surface area contributed by atoms with Gasteiger partial charge >= 0.3 is 5.97 Å². The highest BCUT2D eigenvalue weighted by molar-refractivity contribution is 5.95. The summed E-state index contributed by atoms with van der Waals surface area (Å²) >= 11 is 0. The summed E-state index contributed by atoms with van der Waals surface area (Å²) in [6.07, 6.45) is 3.88. The molecule has 7 nitrogen and oxygen atoms in total. The third-order valence-corrected chi connectivity index (χ3v) is 5.27. The van der Waals surface area contributed by atoms with Gasteiger partial charge in [0.1, 0.15) is 11.5 Å². The number of carbonyl (C=O) groups excluding carboxylic acids is 2. The lowest BCUT2D eigenvalue weighted by Crippen LogP contribution is -2.19. The average molecular weight is 431 g/mol. The van der Waals surface area contributed by atoms with Crippen molar-refractivity contribution in [3.63, 3.8) is 0 Å². The van der Waals surface area contributed by atoms with Crippen molar-refractivity contribution < 1.29 is 18.7 Å². The van der Waals surface area contributed by atoms with Gasteiger partial charge in [-0.15, -0.1) is 0 Å². The minimum absolute atomic E-state index is 0.282. The van der Waals surface area contributed by atoms with Crippen molar-refractivity contribution in [2.75, 3.05) is 24.6 Å². The van der Waals surface area contributed by atoms with E-state index in [9.17, 15) is 9.59 Å². The molecule has 0 atom stereocenters. The summed E-state index contributed by atoms with van der Waals surface area (Å²) in [7, 11) is 0. The summed E-state index contributed by atoms with van der Waals surface area (Å²) in [4.78, 5) is 26.4.